The molecule has 3 rings (SSSR count). The number of aryl methyl sites for hydroxylation is 2. The molecule has 0 aliphatic carbocycles. The van der Waals surface area contributed by atoms with Crippen LogP contribution in [0, 0.1) is 13.8 Å². The van der Waals surface area contributed by atoms with Gasteiger partial charge in [0, 0.05) is 12.6 Å². The van der Waals surface area contributed by atoms with Crippen LogP contribution in [-0.4, -0.2) is 21.6 Å². The first kappa shape index (κ1) is 12.8. The number of hydrogen-bond donors (Lipinski definition) is 1. The number of hydrogen-bond acceptors (Lipinski definition) is 6. The smallest absolute Gasteiger partial charge is 0.263 e. The summed E-state index contributed by atoms with van der Waals surface area (Å²) in [5.41, 5.74) is 3.88. The van der Waals surface area contributed by atoms with Crippen LogP contribution >= 0.6 is 11.5 Å². The van der Waals surface area contributed by atoms with Gasteiger partial charge >= 0.3 is 0 Å². The van der Waals surface area contributed by atoms with Gasteiger partial charge in [-0.2, -0.15) is 9.36 Å². The van der Waals surface area contributed by atoms with Crippen LogP contribution in [0.3, 0.4) is 0 Å². The zero-order valence-corrected chi connectivity index (χ0v) is 12.3. The van der Waals surface area contributed by atoms with E-state index in [0.717, 1.165) is 27.4 Å². The normalized spacial score (nSPS) is 10.8. The van der Waals surface area contributed by atoms with Gasteiger partial charge in [-0.25, -0.2) is 0 Å². The van der Waals surface area contributed by atoms with Crippen LogP contribution in [0.25, 0.3) is 22.8 Å². The summed E-state index contributed by atoms with van der Waals surface area (Å²) in [6.07, 6.45) is 0. The summed E-state index contributed by atoms with van der Waals surface area (Å²) in [6.45, 7) is 3.97. The highest BCUT2D eigenvalue weighted by molar-refractivity contribution is 7.10. The molecule has 0 atom stereocenters. The Kier molecular flexibility index (Phi) is 3.23. The Hall–Kier alpha value is -2.21. The second-order valence-corrected chi connectivity index (χ2v) is 5.29. The van der Waals surface area contributed by atoms with Crippen LogP contribution < -0.4 is 5.32 Å². The van der Waals surface area contributed by atoms with Crippen molar-refractivity contribution >= 4 is 16.5 Å². The number of benzene rings is 1. The Morgan fingerprint density at radius 1 is 1.25 bits per heavy atom. The molecule has 0 radical (unpaired) electrons. The van der Waals surface area contributed by atoms with Gasteiger partial charge in [0.2, 0.25) is 5.82 Å². The topological polar surface area (TPSA) is 63.8 Å². The van der Waals surface area contributed by atoms with Gasteiger partial charge in [0.15, 0.2) is 0 Å². The third-order valence-corrected chi connectivity index (χ3v) is 3.96. The lowest BCUT2D eigenvalue weighted by atomic mass is 10.1. The molecule has 0 amide bonds. The van der Waals surface area contributed by atoms with Crippen molar-refractivity contribution in [1.29, 1.82) is 0 Å². The van der Waals surface area contributed by atoms with Crippen LogP contribution in [0.15, 0.2) is 28.8 Å². The number of nitrogens with zero attached hydrogens (tertiary/aromatic N) is 3. The van der Waals surface area contributed by atoms with E-state index in [1.165, 1.54) is 11.5 Å². The molecule has 0 bridgehead atoms. The number of anilines is 1. The zero-order valence-electron chi connectivity index (χ0n) is 11.5. The maximum absolute atomic E-state index is 5.39. The minimum absolute atomic E-state index is 0.497. The van der Waals surface area contributed by atoms with Gasteiger partial charge in [-0.05, 0) is 31.4 Å². The van der Waals surface area contributed by atoms with Crippen LogP contribution in [0.5, 0.6) is 0 Å². The maximum Gasteiger partial charge on any atom is 0.263 e. The molecule has 0 aliphatic rings. The van der Waals surface area contributed by atoms with Gasteiger partial charge < -0.3 is 9.84 Å². The molecule has 2 heterocycles. The number of rotatable bonds is 3. The highest BCUT2D eigenvalue weighted by Gasteiger charge is 2.19. The lowest BCUT2D eigenvalue weighted by Crippen LogP contribution is -1.88. The summed E-state index contributed by atoms with van der Waals surface area (Å²) in [5.74, 6) is 1.09. The van der Waals surface area contributed by atoms with Gasteiger partial charge in [-0.3, -0.25) is 0 Å². The molecule has 1 N–H and O–H groups in total. The van der Waals surface area contributed by atoms with Crippen molar-refractivity contribution in [3.05, 3.63) is 35.5 Å². The quantitative estimate of drug-likeness (QED) is 0.798. The maximum atomic E-state index is 5.39. The van der Waals surface area contributed by atoms with Crippen molar-refractivity contribution in [2.24, 2.45) is 0 Å². The molecule has 20 heavy (non-hydrogen) atoms. The largest absolute Gasteiger partial charge is 0.378 e. The highest BCUT2D eigenvalue weighted by atomic mass is 32.1. The summed E-state index contributed by atoms with van der Waals surface area (Å²) < 4.78 is 9.70. The second-order valence-electron chi connectivity index (χ2n) is 4.51. The Morgan fingerprint density at radius 3 is 2.85 bits per heavy atom. The first-order chi connectivity index (χ1) is 9.69. The van der Waals surface area contributed by atoms with E-state index < -0.39 is 0 Å². The molecule has 0 spiro atoms. The first-order valence-electron chi connectivity index (χ1n) is 6.24. The molecular weight excluding hydrogens is 272 g/mol. The molecule has 6 heteroatoms. The fourth-order valence-corrected chi connectivity index (χ4v) is 2.76. The van der Waals surface area contributed by atoms with Crippen molar-refractivity contribution in [1.82, 2.24) is 14.5 Å². The van der Waals surface area contributed by atoms with Gasteiger partial charge in [0.05, 0.1) is 11.3 Å². The van der Waals surface area contributed by atoms with Crippen LogP contribution in [0.1, 0.15) is 11.3 Å². The first-order valence-corrected chi connectivity index (χ1v) is 7.01. The summed E-state index contributed by atoms with van der Waals surface area (Å²) in [6, 6.07) is 8.03. The summed E-state index contributed by atoms with van der Waals surface area (Å²) in [5, 5.41) is 8.10. The minimum Gasteiger partial charge on any atom is -0.378 e. The van der Waals surface area contributed by atoms with Crippen molar-refractivity contribution in [3.63, 3.8) is 0 Å². The molecule has 102 valence electrons. The van der Waals surface area contributed by atoms with Gasteiger partial charge in [-0.15, -0.1) is 0 Å². The Balaban J connectivity index is 2.04. The average Bonchev–Trinajstić information content (AvgIpc) is 3.04. The van der Waals surface area contributed by atoms with Crippen molar-refractivity contribution < 1.29 is 4.52 Å². The molecule has 3 aromatic rings. The standard InChI is InChI=1S/C14H14N4OS/c1-8-5-4-6-10(7-8)12-16-13(19-17-12)11-9(2)18-20-14(11)15-3/h4-7,15H,1-3H3. The Labute approximate surface area is 120 Å². The van der Waals surface area contributed by atoms with E-state index in [9.17, 15) is 0 Å². The molecule has 0 saturated carbocycles. The monoisotopic (exact) mass is 286 g/mol. The molecule has 5 nitrogen and oxygen atoms in total. The number of aromatic nitrogens is 3. The molecule has 1 aromatic carbocycles. The van der Waals surface area contributed by atoms with E-state index in [1.807, 2.05) is 45.2 Å². The third kappa shape index (κ3) is 2.18. The Morgan fingerprint density at radius 2 is 2.10 bits per heavy atom. The van der Waals surface area contributed by atoms with Gasteiger partial charge in [0.1, 0.15) is 5.00 Å². The predicted octanol–water partition coefficient (Wildman–Crippen LogP) is 3.52. The van der Waals surface area contributed by atoms with Crippen molar-refractivity contribution in [2.45, 2.75) is 13.8 Å². The van der Waals surface area contributed by atoms with E-state index >= 15 is 0 Å². The predicted molar refractivity (Wildman–Crippen MR) is 79.9 cm³/mol. The molecule has 0 aliphatic heterocycles. The zero-order chi connectivity index (χ0) is 14.1. The molecular formula is C14H14N4OS. The lowest BCUT2D eigenvalue weighted by molar-refractivity contribution is 0.432. The number of nitrogens with one attached hydrogen (secondary N) is 1. The van der Waals surface area contributed by atoms with Gasteiger partial charge in [0.25, 0.3) is 5.89 Å². The highest BCUT2D eigenvalue weighted by Crippen LogP contribution is 2.34. The van der Waals surface area contributed by atoms with Crippen LogP contribution in [0.4, 0.5) is 5.00 Å². The van der Waals surface area contributed by atoms with Crippen LogP contribution in [-0.2, 0) is 0 Å². The van der Waals surface area contributed by atoms with E-state index in [0.29, 0.717) is 11.7 Å². The second kappa shape index (κ2) is 5.05. The van der Waals surface area contributed by atoms with Crippen molar-refractivity contribution in [2.75, 3.05) is 12.4 Å². The fourth-order valence-electron chi connectivity index (χ4n) is 2.02. The van der Waals surface area contributed by atoms with Crippen molar-refractivity contribution in [3.8, 4) is 22.8 Å². The lowest BCUT2D eigenvalue weighted by Gasteiger charge is -1.97. The molecule has 0 fully saturated rings. The SMILES string of the molecule is CNc1snc(C)c1-c1nc(-c2cccc(C)c2)no1. The fraction of sp³-hybridized carbons (Fsp3) is 0.214. The minimum atomic E-state index is 0.497. The van der Waals surface area contributed by atoms with E-state index in [4.69, 9.17) is 4.52 Å². The van der Waals surface area contributed by atoms with Crippen LogP contribution in [0.2, 0.25) is 0 Å². The summed E-state index contributed by atoms with van der Waals surface area (Å²) in [7, 11) is 1.86. The van der Waals surface area contributed by atoms with Gasteiger partial charge in [-0.1, -0.05) is 28.9 Å². The summed E-state index contributed by atoms with van der Waals surface area (Å²) >= 11 is 1.39. The molecule has 0 unspecified atom stereocenters. The summed E-state index contributed by atoms with van der Waals surface area (Å²) in [4.78, 5) is 4.48. The van der Waals surface area contributed by atoms with E-state index in [1.54, 1.807) is 0 Å². The molecule has 2 aromatic heterocycles. The average molecular weight is 286 g/mol. The third-order valence-electron chi connectivity index (χ3n) is 3.01. The Bertz CT molecular complexity index is 747. The van der Waals surface area contributed by atoms with E-state index in [-0.39, 0.29) is 0 Å². The molecule has 0 saturated heterocycles. The van der Waals surface area contributed by atoms with E-state index in [2.05, 4.69) is 19.8 Å².